The summed E-state index contributed by atoms with van der Waals surface area (Å²) in [6.45, 7) is -0.388. The first kappa shape index (κ1) is 19.5. The highest BCUT2D eigenvalue weighted by atomic mass is 32.2. The molecular formula is C19H12F3N3O2S. The Morgan fingerprint density at radius 1 is 1.18 bits per heavy atom. The van der Waals surface area contributed by atoms with Gasteiger partial charge in [-0.05, 0) is 36.6 Å². The van der Waals surface area contributed by atoms with Gasteiger partial charge in [0.2, 0.25) is 0 Å². The first-order chi connectivity index (χ1) is 13.4. The van der Waals surface area contributed by atoms with E-state index in [0.29, 0.717) is 0 Å². The minimum Gasteiger partial charge on any atom is -0.488 e. The van der Waals surface area contributed by atoms with Gasteiger partial charge in [0, 0.05) is 17.2 Å². The van der Waals surface area contributed by atoms with Crippen LogP contribution in [0.2, 0.25) is 0 Å². The van der Waals surface area contributed by atoms with Crippen molar-refractivity contribution in [1.82, 2.24) is 9.97 Å². The van der Waals surface area contributed by atoms with E-state index in [1.54, 1.807) is 12.3 Å². The fourth-order valence-electron chi connectivity index (χ4n) is 2.47. The number of aromatic nitrogens is 2. The summed E-state index contributed by atoms with van der Waals surface area (Å²) in [5, 5.41) is 9.58. The maximum absolute atomic E-state index is 13.8. The number of halogens is 3. The summed E-state index contributed by atoms with van der Waals surface area (Å²) in [5.41, 5.74) is -0.810. The van der Waals surface area contributed by atoms with Gasteiger partial charge in [0.25, 0.3) is 5.56 Å². The number of nitrogens with one attached hydrogen (secondary N) is 1. The summed E-state index contributed by atoms with van der Waals surface area (Å²) < 4.78 is 46.4. The quantitative estimate of drug-likeness (QED) is 0.514. The van der Waals surface area contributed by atoms with Crippen LogP contribution in [-0.4, -0.2) is 16.2 Å². The Morgan fingerprint density at radius 3 is 2.61 bits per heavy atom. The predicted molar refractivity (Wildman–Crippen MR) is 97.4 cm³/mol. The van der Waals surface area contributed by atoms with Gasteiger partial charge in [-0.15, -0.1) is 0 Å². The Hall–Kier alpha value is -3.25. The summed E-state index contributed by atoms with van der Waals surface area (Å²) >= 11 is 1.15. The number of ether oxygens (including phenoxy) is 1. The van der Waals surface area contributed by atoms with E-state index in [9.17, 15) is 23.2 Å². The van der Waals surface area contributed by atoms with Gasteiger partial charge in [-0.2, -0.15) is 5.26 Å². The molecular weight excluding hydrogens is 391 g/mol. The lowest BCUT2D eigenvalue weighted by Gasteiger charge is -2.13. The fraction of sp³-hybridized carbons (Fsp3) is 0.105. The molecule has 0 unspecified atom stereocenters. The van der Waals surface area contributed by atoms with E-state index in [2.05, 4.69) is 9.97 Å². The Morgan fingerprint density at radius 2 is 1.89 bits per heavy atom. The van der Waals surface area contributed by atoms with Crippen LogP contribution in [-0.2, 0) is 6.61 Å². The Bertz CT molecular complexity index is 1140. The summed E-state index contributed by atoms with van der Waals surface area (Å²) in [6.07, 6.45) is 1.68. The lowest BCUT2D eigenvalue weighted by Crippen LogP contribution is -2.15. The van der Waals surface area contributed by atoms with Gasteiger partial charge in [-0.3, -0.25) is 4.79 Å². The highest BCUT2D eigenvalue weighted by Crippen LogP contribution is 2.32. The van der Waals surface area contributed by atoms with Gasteiger partial charge in [-0.25, -0.2) is 18.2 Å². The summed E-state index contributed by atoms with van der Waals surface area (Å²) in [4.78, 5) is 18.8. The van der Waals surface area contributed by atoms with Gasteiger partial charge in [-0.1, -0.05) is 11.8 Å². The highest BCUT2D eigenvalue weighted by molar-refractivity contribution is 7.98. The maximum atomic E-state index is 13.8. The first-order valence-corrected chi connectivity index (χ1v) is 9.10. The molecule has 0 fully saturated rings. The number of hydrogen-bond donors (Lipinski definition) is 1. The molecule has 9 heteroatoms. The number of benzene rings is 2. The molecule has 0 aliphatic rings. The van der Waals surface area contributed by atoms with Crippen LogP contribution >= 0.6 is 11.8 Å². The summed E-state index contributed by atoms with van der Waals surface area (Å²) in [7, 11) is 0. The number of nitrogens with zero attached hydrogens (tertiary/aromatic N) is 2. The van der Waals surface area contributed by atoms with Crippen LogP contribution in [0.1, 0.15) is 11.1 Å². The lowest BCUT2D eigenvalue weighted by molar-refractivity contribution is 0.298. The van der Waals surface area contributed by atoms with E-state index in [4.69, 9.17) is 4.74 Å². The van der Waals surface area contributed by atoms with Crippen LogP contribution < -0.4 is 10.3 Å². The van der Waals surface area contributed by atoms with Crippen LogP contribution in [0.5, 0.6) is 5.75 Å². The van der Waals surface area contributed by atoms with Crippen LogP contribution in [0.3, 0.4) is 0 Å². The van der Waals surface area contributed by atoms with Gasteiger partial charge in [0.15, 0.2) is 5.16 Å². The lowest BCUT2D eigenvalue weighted by atomic mass is 10.1. The zero-order chi connectivity index (χ0) is 20.3. The molecule has 0 saturated heterocycles. The van der Waals surface area contributed by atoms with Crippen LogP contribution in [0.4, 0.5) is 13.2 Å². The van der Waals surface area contributed by atoms with E-state index in [0.717, 1.165) is 42.1 Å². The molecule has 0 atom stereocenters. The molecule has 0 aliphatic heterocycles. The molecule has 0 radical (unpaired) electrons. The summed E-state index contributed by atoms with van der Waals surface area (Å²) in [6, 6.07) is 8.11. The molecule has 28 heavy (non-hydrogen) atoms. The smallest absolute Gasteiger partial charge is 0.270 e. The SMILES string of the molecule is CSc1nc(-c2ccc(F)cc2OCc2cc(F)ccc2F)c(C#N)c(=O)[nH]1. The van der Waals surface area contributed by atoms with Crippen molar-refractivity contribution in [3.05, 3.63) is 75.3 Å². The third kappa shape index (κ3) is 4.02. The molecule has 142 valence electrons. The van der Waals surface area contributed by atoms with Crippen LogP contribution in [0, 0.1) is 28.8 Å². The number of aromatic amines is 1. The van der Waals surface area contributed by atoms with Crippen molar-refractivity contribution < 1.29 is 17.9 Å². The van der Waals surface area contributed by atoms with Gasteiger partial charge < -0.3 is 9.72 Å². The third-order valence-electron chi connectivity index (χ3n) is 3.79. The Balaban J connectivity index is 2.07. The summed E-state index contributed by atoms with van der Waals surface area (Å²) in [5.74, 6) is -2.04. The molecule has 2 aromatic carbocycles. The second-order valence-corrected chi connectivity index (χ2v) is 6.37. The number of H-pyrrole nitrogens is 1. The Labute approximate surface area is 161 Å². The largest absolute Gasteiger partial charge is 0.488 e. The predicted octanol–water partition coefficient (Wildman–Crippen LogP) is 4.03. The van der Waals surface area contributed by atoms with Gasteiger partial charge in [0.1, 0.15) is 47.1 Å². The van der Waals surface area contributed by atoms with E-state index in [1.165, 1.54) is 6.07 Å². The van der Waals surface area contributed by atoms with Gasteiger partial charge >= 0.3 is 0 Å². The van der Waals surface area contributed by atoms with Crippen molar-refractivity contribution >= 4 is 11.8 Å². The molecule has 0 aliphatic carbocycles. The minimum atomic E-state index is -0.684. The molecule has 0 spiro atoms. The van der Waals surface area contributed by atoms with Crippen LogP contribution in [0.15, 0.2) is 46.3 Å². The van der Waals surface area contributed by atoms with Crippen molar-refractivity contribution in [3.63, 3.8) is 0 Å². The zero-order valence-electron chi connectivity index (χ0n) is 14.4. The Kier molecular flexibility index (Phi) is 5.70. The number of thioether (sulfide) groups is 1. The average Bonchev–Trinajstić information content (AvgIpc) is 2.68. The topological polar surface area (TPSA) is 78.8 Å². The van der Waals surface area contributed by atoms with Gasteiger partial charge in [0.05, 0.1) is 0 Å². The molecule has 0 saturated carbocycles. The zero-order valence-corrected chi connectivity index (χ0v) is 15.2. The second-order valence-electron chi connectivity index (χ2n) is 5.58. The molecule has 0 amide bonds. The van der Waals surface area contributed by atoms with Crippen molar-refractivity contribution in [1.29, 1.82) is 5.26 Å². The normalized spacial score (nSPS) is 10.5. The van der Waals surface area contributed by atoms with Crippen molar-refractivity contribution in [2.45, 2.75) is 11.8 Å². The van der Waals surface area contributed by atoms with Crippen molar-refractivity contribution in [2.75, 3.05) is 6.26 Å². The number of rotatable bonds is 5. The highest BCUT2D eigenvalue weighted by Gasteiger charge is 2.18. The number of nitriles is 1. The third-order valence-corrected chi connectivity index (χ3v) is 4.37. The fourth-order valence-corrected chi connectivity index (χ4v) is 2.85. The molecule has 1 aromatic heterocycles. The second kappa shape index (κ2) is 8.19. The molecule has 1 N–H and O–H groups in total. The molecule has 3 aromatic rings. The number of hydrogen-bond acceptors (Lipinski definition) is 5. The molecule has 3 rings (SSSR count). The molecule has 5 nitrogen and oxygen atoms in total. The average molecular weight is 403 g/mol. The van der Waals surface area contributed by atoms with E-state index < -0.39 is 23.0 Å². The maximum Gasteiger partial charge on any atom is 0.270 e. The van der Waals surface area contributed by atoms with E-state index in [1.807, 2.05) is 0 Å². The first-order valence-electron chi connectivity index (χ1n) is 7.88. The van der Waals surface area contributed by atoms with E-state index in [-0.39, 0.29) is 39.9 Å². The monoisotopic (exact) mass is 403 g/mol. The van der Waals surface area contributed by atoms with E-state index >= 15 is 0 Å². The standard InChI is InChI=1S/C19H12F3N3O2S/c1-28-19-24-17(14(8-23)18(26)25-19)13-4-2-12(21)7-16(13)27-9-10-6-11(20)3-5-15(10)22/h2-7H,9H2,1H3,(H,24,25,26). The molecule has 1 heterocycles. The van der Waals surface area contributed by atoms with Crippen molar-refractivity contribution in [3.8, 4) is 23.1 Å². The van der Waals surface area contributed by atoms with Crippen LogP contribution in [0.25, 0.3) is 11.3 Å². The minimum absolute atomic E-state index is 0.00492. The van der Waals surface area contributed by atoms with Crippen molar-refractivity contribution in [2.24, 2.45) is 0 Å². The molecule has 0 bridgehead atoms.